The van der Waals surface area contributed by atoms with Crippen molar-refractivity contribution in [2.24, 2.45) is 0 Å². The van der Waals surface area contributed by atoms with Crippen LogP contribution in [0.2, 0.25) is 0 Å². The number of nitrogens with zero attached hydrogens (tertiary/aromatic N) is 3. The van der Waals surface area contributed by atoms with Gasteiger partial charge in [0.1, 0.15) is 22.8 Å². The number of hydrogen-bond acceptors (Lipinski definition) is 1. The van der Waals surface area contributed by atoms with Gasteiger partial charge >= 0.3 is 0 Å². The molecule has 0 fully saturated rings. The van der Waals surface area contributed by atoms with Crippen LogP contribution in [0.1, 0.15) is 35.4 Å². The Balaban J connectivity index is 1.19. The maximum atomic E-state index is 6.44. The summed E-state index contributed by atoms with van der Waals surface area (Å²) < 4.78 is 13.9. The predicted molar refractivity (Wildman–Crippen MR) is 187 cm³/mol. The molecule has 0 amide bonds. The summed E-state index contributed by atoms with van der Waals surface area (Å²) in [5.74, 6) is 2.60. The molecule has 0 unspecified atom stereocenters. The molecule has 0 spiro atoms. The van der Waals surface area contributed by atoms with E-state index in [-0.39, 0.29) is 0 Å². The van der Waals surface area contributed by atoms with E-state index in [2.05, 4.69) is 141 Å². The smallest absolute Gasteiger partial charge is 0.135 e. The normalized spacial score (nSPS) is 14.0. The molecular formula is C42H33N3O. The van der Waals surface area contributed by atoms with Gasteiger partial charge < -0.3 is 13.6 Å². The molecule has 0 saturated heterocycles. The zero-order valence-electron chi connectivity index (χ0n) is 25.6. The molecule has 46 heavy (non-hydrogen) atoms. The summed E-state index contributed by atoms with van der Waals surface area (Å²) in [6, 6.07) is 41.8. The van der Waals surface area contributed by atoms with Crippen LogP contribution >= 0.6 is 0 Å². The van der Waals surface area contributed by atoms with E-state index >= 15 is 0 Å². The lowest BCUT2D eigenvalue weighted by Gasteiger charge is -2.18. The van der Waals surface area contributed by atoms with Crippen molar-refractivity contribution >= 4 is 21.9 Å². The molecule has 222 valence electrons. The lowest BCUT2D eigenvalue weighted by Crippen LogP contribution is -2.11. The Hall–Kier alpha value is -5.48. The van der Waals surface area contributed by atoms with Crippen LogP contribution < -0.4 is 0 Å². The zero-order valence-corrected chi connectivity index (χ0v) is 25.6. The van der Waals surface area contributed by atoms with E-state index in [0.29, 0.717) is 0 Å². The van der Waals surface area contributed by atoms with Crippen LogP contribution in [0.15, 0.2) is 132 Å². The molecule has 0 aliphatic carbocycles. The van der Waals surface area contributed by atoms with Crippen molar-refractivity contribution in [3.8, 4) is 39.6 Å². The summed E-state index contributed by atoms with van der Waals surface area (Å²) >= 11 is 0. The minimum atomic E-state index is 0.917. The van der Waals surface area contributed by atoms with E-state index in [1.54, 1.807) is 0 Å². The van der Waals surface area contributed by atoms with Crippen molar-refractivity contribution in [2.75, 3.05) is 0 Å². The number of furan rings is 1. The van der Waals surface area contributed by atoms with Crippen LogP contribution in [-0.4, -0.2) is 13.7 Å². The molecule has 10 rings (SSSR count). The second-order valence-electron chi connectivity index (χ2n) is 12.8. The van der Waals surface area contributed by atoms with Crippen LogP contribution in [0.3, 0.4) is 0 Å². The van der Waals surface area contributed by atoms with Crippen molar-refractivity contribution in [2.45, 2.75) is 38.5 Å². The summed E-state index contributed by atoms with van der Waals surface area (Å²) in [5.41, 5.74) is 13.6. The molecule has 0 saturated carbocycles. The fourth-order valence-electron chi connectivity index (χ4n) is 8.06. The molecular weight excluding hydrogens is 562 g/mol. The van der Waals surface area contributed by atoms with E-state index in [9.17, 15) is 0 Å². The number of aryl methyl sites for hydroxylation is 2. The largest absolute Gasteiger partial charge is 0.456 e. The standard InChI is InChI=1S/C42H33N3O/c1-2-9-28(10-3-1)29-11-4-12-30(25-29)31-19-21-39-37(26-31)38-27-34(20-22-40(38)46-39)45-41-35(17-5-13-32-15-7-23-43(32)41)36-18-6-14-33-16-8-24-44(33)42(36)45/h1-4,7-12,15-16,19-27H,5-6,13-14,17-18H2. The Morgan fingerprint density at radius 1 is 0.457 bits per heavy atom. The van der Waals surface area contributed by atoms with Gasteiger partial charge in [0.15, 0.2) is 0 Å². The summed E-state index contributed by atoms with van der Waals surface area (Å²) in [4.78, 5) is 0. The highest BCUT2D eigenvalue weighted by atomic mass is 16.3. The summed E-state index contributed by atoms with van der Waals surface area (Å²) in [6.07, 6.45) is 11.3. The van der Waals surface area contributed by atoms with Crippen molar-refractivity contribution in [3.63, 3.8) is 0 Å². The minimum absolute atomic E-state index is 0.917. The lowest BCUT2D eigenvalue weighted by atomic mass is 9.98. The zero-order chi connectivity index (χ0) is 30.2. The van der Waals surface area contributed by atoms with E-state index < -0.39 is 0 Å². The average molecular weight is 596 g/mol. The fraction of sp³-hybridized carbons (Fsp3) is 0.143. The van der Waals surface area contributed by atoms with Gasteiger partial charge in [0.05, 0.1) is 0 Å². The van der Waals surface area contributed by atoms with Gasteiger partial charge in [0, 0.05) is 51.4 Å². The van der Waals surface area contributed by atoms with E-state index in [0.717, 1.165) is 47.6 Å². The lowest BCUT2D eigenvalue weighted by molar-refractivity contribution is 0.669. The van der Waals surface area contributed by atoms with Gasteiger partial charge in [-0.25, -0.2) is 0 Å². The SMILES string of the molecule is c1ccc(-c2cccc(-c3ccc4oc5ccc(-n6c7c(c8c6-n6cccc6CCC8)CCCc6cccn6-7)cc5c4c3)c2)cc1. The van der Waals surface area contributed by atoms with Gasteiger partial charge in [-0.05, 0) is 121 Å². The van der Waals surface area contributed by atoms with Gasteiger partial charge in [-0.3, -0.25) is 4.57 Å². The Bertz CT molecular complexity index is 2360. The Kier molecular flexibility index (Phi) is 5.62. The summed E-state index contributed by atoms with van der Waals surface area (Å²) in [7, 11) is 0. The van der Waals surface area contributed by atoms with E-state index in [1.807, 2.05) is 0 Å². The first-order chi connectivity index (χ1) is 22.8. The second-order valence-corrected chi connectivity index (χ2v) is 12.8. The van der Waals surface area contributed by atoms with Crippen molar-refractivity contribution < 1.29 is 4.42 Å². The van der Waals surface area contributed by atoms with Crippen LogP contribution in [0.4, 0.5) is 0 Å². The van der Waals surface area contributed by atoms with Gasteiger partial charge in [0.25, 0.3) is 0 Å². The fourth-order valence-corrected chi connectivity index (χ4v) is 8.06. The minimum Gasteiger partial charge on any atom is -0.456 e. The third-order valence-corrected chi connectivity index (χ3v) is 10.2. The third-order valence-electron chi connectivity index (χ3n) is 10.2. The molecule has 2 aliphatic heterocycles. The molecule has 0 N–H and O–H groups in total. The first-order valence-electron chi connectivity index (χ1n) is 16.5. The van der Waals surface area contributed by atoms with Crippen molar-refractivity contribution in [1.29, 1.82) is 0 Å². The number of aromatic nitrogens is 3. The summed E-state index contributed by atoms with van der Waals surface area (Å²) in [6.45, 7) is 0. The molecule has 8 aromatic rings. The van der Waals surface area contributed by atoms with Gasteiger partial charge in [-0.2, -0.15) is 0 Å². The maximum Gasteiger partial charge on any atom is 0.135 e. The van der Waals surface area contributed by atoms with Gasteiger partial charge in [0.2, 0.25) is 0 Å². The van der Waals surface area contributed by atoms with Crippen molar-refractivity contribution in [3.05, 3.63) is 150 Å². The van der Waals surface area contributed by atoms with Crippen LogP contribution in [-0.2, 0) is 25.7 Å². The molecule has 4 nitrogen and oxygen atoms in total. The van der Waals surface area contributed by atoms with Crippen LogP contribution in [0, 0.1) is 0 Å². The van der Waals surface area contributed by atoms with E-state index in [1.165, 1.54) is 74.9 Å². The third kappa shape index (κ3) is 3.86. The molecule has 4 heteroatoms. The second kappa shape index (κ2) is 10.0. The first-order valence-corrected chi connectivity index (χ1v) is 16.5. The maximum absolute atomic E-state index is 6.44. The number of fused-ring (bicyclic) bond motifs is 10. The molecule has 0 atom stereocenters. The van der Waals surface area contributed by atoms with Crippen LogP contribution in [0.25, 0.3) is 61.5 Å². The van der Waals surface area contributed by atoms with Gasteiger partial charge in [-0.15, -0.1) is 0 Å². The topological polar surface area (TPSA) is 27.9 Å². The van der Waals surface area contributed by atoms with E-state index in [4.69, 9.17) is 4.42 Å². The first kappa shape index (κ1) is 25.8. The number of rotatable bonds is 3. The molecule has 0 radical (unpaired) electrons. The number of hydrogen-bond donors (Lipinski definition) is 0. The molecule has 0 bridgehead atoms. The Labute approximate surface area is 267 Å². The molecule has 4 aromatic heterocycles. The quantitative estimate of drug-likeness (QED) is 0.200. The van der Waals surface area contributed by atoms with Crippen LogP contribution in [0.5, 0.6) is 0 Å². The highest BCUT2D eigenvalue weighted by Gasteiger charge is 2.30. The monoisotopic (exact) mass is 595 g/mol. The Morgan fingerprint density at radius 2 is 1.04 bits per heavy atom. The highest BCUT2D eigenvalue weighted by molar-refractivity contribution is 6.07. The van der Waals surface area contributed by atoms with Gasteiger partial charge in [-0.1, -0.05) is 54.6 Å². The highest BCUT2D eigenvalue weighted by Crippen LogP contribution is 2.41. The molecule has 4 aromatic carbocycles. The Morgan fingerprint density at radius 3 is 1.74 bits per heavy atom. The number of benzene rings is 4. The predicted octanol–water partition coefficient (Wildman–Crippen LogP) is 10.3. The molecule has 6 heterocycles. The molecule has 2 aliphatic rings. The van der Waals surface area contributed by atoms with Crippen molar-refractivity contribution in [1.82, 2.24) is 13.7 Å². The average Bonchev–Trinajstić information content (AvgIpc) is 3.86. The summed E-state index contributed by atoms with van der Waals surface area (Å²) in [5, 5.41) is 2.29.